The summed E-state index contributed by atoms with van der Waals surface area (Å²) in [6.07, 6.45) is 12.1. The van der Waals surface area contributed by atoms with E-state index in [9.17, 15) is 15.1 Å². The molecular formula is C28H25ClN2O3. The number of oxime groups is 1. The van der Waals surface area contributed by atoms with E-state index < -0.39 is 17.3 Å². The molecule has 2 N–H and O–H groups in total. The van der Waals surface area contributed by atoms with Gasteiger partial charge in [0.15, 0.2) is 0 Å². The van der Waals surface area contributed by atoms with Crippen LogP contribution in [0.4, 0.5) is 0 Å². The molecule has 4 rings (SSSR count). The summed E-state index contributed by atoms with van der Waals surface area (Å²) >= 11 is 6.09. The van der Waals surface area contributed by atoms with Crippen molar-refractivity contribution in [2.24, 2.45) is 16.5 Å². The predicted molar refractivity (Wildman–Crippen MR) is 137 cm³/mol. The number of hydrogen-bond donors (Lipinski definition) is 2. The zero-order chi connectivity index (χ0) is 24.1. The zero-order valence-corrected chi connectivity index (χ0v) is 19.5. The fourth-order valence-electron chi connectivity index (χ4n) is 4.22. The molecule has 2 atom stereocenters. The summed E-state index contributed by atoms with van der Waals surface area (Å²) in [7, 11) is 0. The molecule has 2 unspecified atom stereocenters. The Balaban J connectivity index is 1.50. The largest absolute Gasteiger partial charge is 0.481 e. The molecule has 0 saturated carbocycles. The van der Waals surface area contributed by atoms with Crippen molar-refractivity contribution >= 4 is 46.3 Å². The van der Waals surface area contributed by atoms with Crippen molar-refractivity contribution in [3.8, 4) is 0 Å². The highest BCUT2D eigenvalue weighted by atomic mass is 35.5. The summed E-state index contributed by atoms with van der Waals surface area (Å²) in [5.74, 6) is -1.47. The van der Waals surface area contributed by atoms with Crippen LogP contribution in [0.15, 0.2) is 84.1 Å². The third-order valence-electron chi connectivity index (χ3n) is 6.23. The van der Waals surface area contributed by atoms with E-state index in [1.807, 2.05) is 85.8 Å². The second-order valence-electron chi connectivity index (χ2n) is 8.64. The van der Waals surface area contributed by atoms with Gasteiger partial charge in [0, 0.05) is 15.8 Å². The maximum atomic E-state index is 11.7. The van der Waals surface area contributed by atoms with Crippen LogP contribution in [0.2, 0.25) is 5.02 Å². The lowest BCUT2D eigenvalue weighted by molar-refractivity contribution is -0.143. The monoisotopic (exact) mass is 472 g/mol. The van der Waals surface area contributed by atoms with E-state index in [2.05, 4.69) is 10.1 Å². The minimum absolute atomic E-state index is 0.440. The Labute approximate surface area is 203 Å². The van der Waals surface area contributed by atoms with E-state index in [0.29, 0.717) is 23.6 Å². The van der Waals surface area contributed by atoms with Crippen LogP contribution in [-0.4, -0.2) is 27.0 Å². The number of carboxylic acids is 1. The number of fused-ring (bicyclic) bond motifs is 1. The Morgan fingerprint density at radius 3 is 2.76 bits per heavy atom. The van der Waals surface area contributed by atoms with Gasteiger partial charge in [0.05, 0.1) is 22.8 Å². The van der Waals surface area contributed by atoms with Crippen LogP contribution in [0.3, 0.4) is 0 Å². The van der Waals surface area contributed by atoms with Crippen LogP contribution in [0.25, 0.3) is 23.1 Å². The Bertz CT molecular complexity index is 1340. The number of benzene rings is 2. The van der Waals surface area contributed by atoms with Gasteiger partial charge in [0.25, 0.3) is 0 Å². The number of halogens is 1. The Morgan fingerprint density at radius 2 is 1.97 bits per heavy atom. The Morgan fingerprint density at radius 1 is 1.15 bits per heavy atom. The van der Waals surface area contributed by atoms with E-state index in [1.165, 1.54) is 0 Å². The lowest BCUT2D eigenvalue weighted by atomic mass is 9.71. The summed E-state index contributed by atoms with van der Waals surface area (Å²) in [4.78, 5) is 16.3. The molecule has 0 aliphatic heterocycles. The second-order valence-corrected chi connectivity index (χ2v) is 9.08. The second kappa shape index (κ2) is 10.1. The number of carboxylic acid groups (broad SMARTS) is 1. The summed E-state index contributed by atoms with van der Waals surface area (Å²) < 4.78 is 0. The molecule has 1 aromatic heterocycles. The minimum atomic E-state index is -0.859. The van der Waals surface area contributed by atoms with Crippen molar-refractivity contribution in [2.75, 3.05) is 0 Å². The van der Waals surface area contributed by atoms with Crippen molar-refractivity contribution in [2.45, 2.75) is 19.8 Å². The molecule has 1 aliphatic carbocycles. The number of allylic oxidation sites excluding steroid dienone is 3. The van der Waals surface area contributed by atoms with E-state index in [0.717, 1.165) is 27.7 Å². The van der Waals surface area contributed by atoms with Crippen LogP contribution >= 0.6 is 11.6 Å². The fourth-order valence-corrected chi connectivity index (χ4v) is 4.39. The highest BCUT2D eigenvalue weighted by Gasteiger charge is 2.36. The molecule has 2 aromatic carbocycles. The summed E-state index contributed by atoms with van der Waals surface area (Å²) in [6, 6.07) is 17.3. The molecule has 1 aliphatic rings. The number of rotatable bonds is 7. The van der Waals surface area contributed by atoms with E-state index in [-0.39, 0.29) is 0 Å². The van der Waals surface area contributed by atoms with Crippen molar-refractivity contribution < 1.29 is 15.1 Å². The van der Waals surface area contributed by atoms with Gasteiger partial charge in [0.2, 0.25) is 0 Å². The van der Waals surface area contributed by atoms with Crippen molar-refractivity contribution in [3.05, 3.63) is 101 Å². The third-order valence-corrected chi connectivity index (χ3v) is 6.47. The molecule has 5 nitrogen and oxygen atoms in total. The number of pyridine rings is 1. The quantitative estimate of drug-likeness (QED) is 0.224. The molecule has 6 heteroatoms. The average Bonchev–Trinajstić information content (AvgIpc) is 2.83. The molecule has 3 aromatic rings. The molecule has 0 saturated heterocycles. The molecular weight excluding hydrogens is 448 g/mol. The maximum Gasteiger partial charge on any atom is 0.311 e. The number of aliphatic carboxylic acids is 1. The van der Waals surface area contributed by atoms with Gasteiger partial charge in [-0.05, 0) is 54.3 Å². The van der Waals surface area contributed by atoms with Gasteiger partial charge >= 0.3 is 5.97 Å². The number of hydrogen-bond acceptors (Lipinski definition) is 4. The first-order valence-corrected chi connectivity index (χ1v) is 11.4. The highest BCUT2D eigenvalue weighted by Crippen LogP contribution is 2.38. The summed E-state index contributed by atoms with van der Waals surface area (Å²) in [5.41, 5.74) is 3.31. The molecule has 0 spiro atoms. The number of nitrogens with zero attached hydrogens (tertiary/aromatic N) is 2. The van der Waals surface area contributed by atoms with Gasteiger partial charge in [-0.1, -0.05) is 84.4 Å². The predicted octanol–water partition coefficient (Wildman–Crippen LogP) is 6.85. The van der Waals surface area contributed by atoms with Gasteiger partial charge in [0.1, 0.15) is 0 Å². The van der Waals surface area contributed by atoms with Crippen LogP contribution in [0, 0.1) is 11.3 Å². The topological polar surface area (TPSA) is 82.8 Å². The first-order valence-electron chi connectivity index (χ1n) is 11.0. The Hall–Kier alpha value is -3.70. The van der Waals surface area contributed by atoms with E-state index in [4.69, 9.17) is 11.6 Å². The molecule has 0 fully saturated rings. The highest BCUT2D eigenvalue weighted by molar-refractivity contribution is 6.31. The SMILES string of the molecule is CC1(CC/C(=N\O)c2cccc(/C=C/c3ccc4ccc(Cl)cc4n3)c2)C=CC=CC1C(=O)O. The normalized spacial score (nSPS) is 20.3. The average molecular weight is 473 g/mol. The van der Waals surface area contributed by atoms with Crippen molar-refractivity contribution in [1.82, 2.24) is 4.98 Å². The van der Waals surface area contributed by atoms with Gasteiger partial charge in [-0.3, -0.25) is 4.79 Å². The molecule has 172 valence electrons. The summed E-state index contributed by atoms with van der Waals surface area (Å²) in [5, 5.41) is 24.5. The molecule has 0 radical (unpaired) electrons. The molecule has 0 bridgehead atoms. The van der Waals surface area contributed by atoms with Gasteiger partial charge in [-0.15, -0.1) is 0 Å². The van der Waals surface area contributed by atoms with E-state index in [1.54, 1.807) is 12.2 Å². The maximum absolute atomic E-state index is 11.7. The smallest absolute Gasteiger partial charge is 0.311 e. The van der Waals surface area contributed by atoms with Gasteiger partial charge in [-0.2, -0.15) is 0 Å². The molecule has 0 amide bonds. The lowest BCUT2D eigenvalue weighted by Gasteiger charge is -2.32. The van der Waals surface area contributed by atoms with Crippen LogP contribution in [0.5, 0.6) is 0 Å². The molecule has 34 heavy (non-hydrogen) atoms. The Kier molecular flexibility index (Phi) is 6.94. The van der Waals surface area contributed by atoms with Crippen LogP contribution in [-0.2, 0) is 4.79 Å². The van der Waals surface area contributed by atoms with Gasteiger partial charge in [-0.25, -0.2) is 4.98 Å². The van der Waals surface area contributed by atoms with Crippen LogP contribution in [0.1, 0.15) is 36.6 Å². The standard InChI is InChI=1S/C28H25ClN2O3/c1-28(15-3-2-7-24(28)27(32)33)16-14-25(31-34)21-6-4-5-19(17-21)8-12-23-13-10-20-9-11-22(29)18-26(20)30-23/h2-13,15,17-18,24,34H,14,16H2,1H3,(H,32,33)/b12-8+,31-25+. The number of aromatic nitrogens is 1. The van der Waals surface area contributed by atoms with Crippen molar-refractivity contribution in [1.29, 1.82) is 0 Å². The van der Waals surface area contributed by atoms with Crippen molar-refractivity contribution in [3.63, 3.8) is 0 Å². The van der Waals surface area contributed by atoms with Crippen LogP contribution < -0.4 is 0 Å². The van der Waals surface area contributed by atoms with E-state index >= 15 is 0 Å². The molecule has 1 heterocycles. The fraction of sp³-hybridized carbons (Fsp3) is 0.179. The zero-order valence-electron chi connectivity index (χ0n) is 18.7. The minimum Gasteiger partial charge on any atom is -0.481 e. The first-order chi connectivity index (χ1) is 16.4. The van der Waals surface area contributed by atoms with Gasteiger partial charge < -0.3 is 10.3 Å². The lowest BCUT2D eigenvalue weighted by Crippen LogP contribution is -2.32. The first kappa shape index (κ1) is 23.5. The number of carbonyl (C=O) groups is 1. The third kappa shape index (κ3) is 5.26. The summed E-state index contributed by atoms with van der Waals surface area (Å²) in [6.45, 7) is 1.92.